The quantitative estimate of drug-likeness (QED) is 0.0884. The van der Waals surface area contributed by atoms with E-state index in [0.717, 1.165) is 51.0 Å². The van der Waals surface area contributed by atoms with Gasteiger partial charge >= 0.3 is 5.97 Å². The lowest BCUT2D eigenvalue weighted by molar-refractivity contribution is 0.0687. The summed E-state index contributed by atoms with van der Waals surface area (Å²) in [5.74, 6) is -1.96. The Kier molecular flexibility index (Phi) is 24.1. The molecule has 0 bridgehead atoms. The number of aryl methyl sites for hydroxylation is 8. The first-order valence-corrected chi connectivity index (χ1v) is 40.6. The fraction of sp³-hybridized carbons (Fsp3) is 0.297. The highest BCUT2D eigenvalue weighted by Gasteiger charge is 2.36. The third-order valence-corrected chi connectivity index (χ3v) is 25.0. The molecular weight excluding hydrogens is 1560 g/mol. The Morgan fingerprint density at radius 1 is 0.427 bits per heavy atom. The summed E-state index contributed by atoms with van der Waals surface area (Å²) in [7, 11) is -14.8. The van der Waals surface area contributed by atoms with Crippen LogP contribution in [0.25, 0.3) is 67.1 Å². The summed E-state index contributed by atoms with van der Waals surface area (Å²) in [5, 5.41) is 62.5. The van der Waals surface area contributed by atoms with E-state index in [-0.39, 0.29) is 34.5 Å². The topological polar surface area (TPSA) is 359 Å². The number of benzene rings is 4. The maximum Gasteiger partial charge on any atom is 0.358 e. The second-order valence-corrected chi connectivity index (χ2v) is 34.8. The van der Waals surface area contributed by atoms with Crippen LogP contribution in [-0.2, 0) is 51.2 Å². The van der Waals surface area contributed by atoms with Crippen LogP contribution in [0.1, 0.15) is 95.1 Å². The molecule has 0 saturated carbocycles. The average molecular weight is 1620 g/mol. The molecule has 0 aliphatic carbocycles. The monoisotopic (exact) mass is 1620 g/mol. The third kappa shape index (κ3) is 16.7. The first-order chi connectivity index (χ1) is 48.3. The lowest BCUT2D eigenvalue weighted by atomic mass is 10.1. The van der Waals surface area contributed by atoms with E-state index in [2.05, 4.69) is 61.2 Å². The molecule has 28 nitrogen and oxygen atoms in total. The van der Waals surface area contributed by atoms with Crippen LogP contribution in [0.4, 0.5) is 5.82 Å². The molecule has 0 saturated heterocycles. The molecule has 39 heteroatoms. The number of hydrogen-bond donors (Lipinski definition) is 1. The van der Waals surface area contributed by atoms with E-state index in [4.69, 9.17) is 91.0 Å². The molecule has 0 aliphatic heterocycles. The number of sulfone groups is 2. The smallest absolute Gasteiger partial charge is 0.358 e. The van der Waals surface area contributed by atoms with E-state index in [1.807, 2.05) is 45.9 Å². The Morgan fingerprint density at radius 3 is 1.11 bits per heavy atom. The minimum Gasteiger partial charge on any atom is -0.492 e. The number of aromatic nitrogens is 16. The van der Waals surface area contributed by atoms with Crippen LogP contribution in [-0.4, -0.2) is 154 Å². The predicted molar refractivity (Wildman–Crippen MR) is 399 cm³/mol. The lowest BCUT2D eigenvalue weighted by Crippen LogP contribution is -2.40. The number of nitrogens with zero attached hydrogens (tertiary/aromatic N) is 17. The molecule has 0 unspecified atom stereocenters. The zero-order valence-electron chi connectivity index (χ0n) is 57.1. The van der Waals surface area contributed by atoms with Crippen LogP contribution in [0, 0.1) is 55.4 Å². The van der Waals surface area contributed by atoms with Gasteiger partial charge in [0.2, 0.25) is 25.9 Å². The van der Waals surface area contributed by atoms with Crippen LogP contribution in [0.2, 0.25) is 35.2 Å². The summed E-state index contributed by atoms with van der Waals surface area (Å²) in [4.78, 5) is 11.2. The Morgan fingerprint density at radius 2 is 0.767 bits per heavy atom. The van der Waals surface area contributed by atoms with E-state index in [9.17, 15) is 38.5 Å². The van der Waals surface area contributed by atoms with Gasteiger partial charge in [-0.05, 0) is 147 Å². The number of sulfonamides is 2. The van der Waals surface area contributed by atoms with Crippen molar-refractivity contribution in [3.63, 3.8) is 0 Å². The molecule has 0 spiro atoms. The largest absolute Gasteiger partial charge is 0.492 e. The van der Waals surface area contributed by atoms with Crippen molar-refractivity contribution < 1.29 is 48.3 Å². The molecule has 0 fully saturated rings. The van der Waals surface area contributed by atoms with Crippen molar-refractivity contribution in [3.8, 4) is 50.3 Å². The minimum atomic E-state index is -4.17. The van der Waals surface area contributed by atoms with Crippen molar-refractivity contribution in [1.82, 2.24) is 79.2 Å². The molecule has 0 amide bonds. The van der Waals surface area contributed by atoms with E-state index in [0.29, 0.717) is 125 Å². The highest BCUT2D eigenvalue weighted by Crippen LogP contribution is 2.38. The van der Waals surface area contributed by atoms with Gasteiger partial charge in [0.25, 0.3) is 0 Å². The molecule has 103 heavy (non-hydrogen) atoms. The molecule has 8 aromatic heterocycles. The van der Waals surface area contributed by atoms with Gasteiger partial charge in [0.05, 0.1) is 144 Å². The van der Waals surface area contributed by atoms with Gasteiger partial charge in [-0.3, -0.25) is 0 Å². The number of halogens is 7. The fourth-order valence-corrected chi connectivity index (χ4v) is 16.7. The van der Waals surface area contributed by atoms with E-state index >= 15 is 0 Å². The van der Waals surface area contributed by atoms with Crippen LogP contribution in [0.5, 0.6) is 5.75 Å². The van der Waals surface area contributed by atoms with Crippen LogP contribution in [0.3, 0.4) is 0 Å². The molecule has 4 aromatic carbocycles. The second-order valence-electron chi connectivity index (χ2n) is 23.0. The highest BCUT2D eigenvalue weighted by molar-refractivity contribution is 8.10. The van der Waals surface area contributed by atoms with E-state index in [1.54, 1.807) is 98.2 Å². The van der Waals surface area contributed by atoms with Gasteiger partial charge in [0.15, 0.2) is 48.0 Å². The molecule has 0 radical (unpaired) electrons. The predicted octanol–water partition coefficient (Wildman–Crippen LogP) is 13.3. The minimum absolute atomic E-state index is 0.0544. The lowest BCUT2D eigenvalue weighted by Gasteiger charge is -2.22. The molecule has 8 heterocycles. The van der Waals surface area contributed by atoms with Crippen molar-refractivity contribution >= 4 is 155 Å². The standard InChI is InChI=1S/C17H19Cl2N5O4S2.C16H16Cl2N4O2S.C16H15ClN4O3.C15H14Cl2N4O2S/c1-5-29(25,26)24(30(27,28)6-2)16-11(4)23-17(21-20-16)15(10(3)22-23)12-7-8-13(18)14(19)9-12;1-4-25(23,24)8-14-10(3)22-16(20-19-14)15(9(2)21-22)11-5-6-12(17)13(18)7-11;1-4-24-12-6-5-10(7-11(12)17)13-8(2)20-21-9(3)14(16(22)23)18-19-15(13)21;1-8-14(10-4-5-11(16)12(17)6-10)15-19-18-13(7-24(3,22)23)9(2)21(15)20-8/h7-9H,5-6H2,1-4H3;5-7H,4,8H2,1-3H3;5-7H,4H2,1-3H3,(H,22,23);4-6H,7H2,1-3H3. The number of fused-ring (bicyclic) bond motifs is 4. The normalized spacial score (nSPS) is 11.9. The molecule has 544 valence electrons. The number of hydrogen-bond acceptors (Lipinski definition) is 22. The SMILES string of the molecule is CCOc1ccc(-c2c(C)nn3c(C)c(C(=O)O)nnc23)cc1Cl.CCS(=O)(=O)Cc1nnc2c(-c3ccc(Cl)c(Cl)c3)c(C)nn2c1C.CCS(=O)(=O)N(c1nnc2c(-c3ccc(Cl)c(Cl)c3)c(C)nn2c1C)S(=O)(=O)CC.Cc1nn2c(C)c(CS(C)(=O)=O)nnc2c1-c1ccc(Cl)c(Cl)c1. The third-order valence-electron chi connectivity index (χ3n) is 15.9. The van der Waals surface area contributed by atoms with Crippen molar-refractivity contribution in [2.45, 2.75) is 94.6 Å². The molecule has 12 aromatic rings. The molecule has 0 atom stereocenters. The maximum atomic E-state index is 12.6. The van der Waals surface area contributed by atoms with E-state index < -0.39 is 57.2 Å². The van der Waals surface area contributed by atoms with E-state index in [1.165, 1.54) is 29.8 Å². The van der Waals surface area contributed by atoms with Crippen molar-refractivity contribution in [2.24, 2.45) is 0 Å². The Balaban J connectivity index is 0.000000160. The second kappa shape index (κ2) is 31.4. The van der Waals surface area contributed by atoms with Gasteiger partial charge in [-0.2, -0.15) is 30.6 Å². The molecule has 1 N–H and O–H groups in total. The number of carboxylic acids is 1. The summed E-state index contributed by atoms with van der Waals surface area (Å²) in [6.07, 6.45) is 1.16. The molecular formula is C64H64Cl7N17O11S4. The zero-order valence-corrected chi connectivity index (χ0v) is 65.6. The number of carbonyl (C=O) groups is 1. The Bertz CT molecular complexity index is 5830. The van der Waals surface area contributed by atoms with Crippen molar-refractivity contribution in [1.29, 1.82) is 0 Å². The summed E-state index contributed by atoms with van der Waals surface area (Å²) in [5.41, 5.74) is 13.3. The maximum absolute atomic E-state index is 12.6. The van der Waals surface area contributed by atoms with Crippen LogP contribution < -0.4 is 8.45 Å². The Labute approximate surface area is 627 Å². The number of anilines is 1. The summed E-state index contributed by atoms with van der Waals surface area (Å²) >= 11 is 42.6. The summed E-state index contributed by atoms with van der Waals surface area (Å²) in [6.45, 7) is 20.7. The van der Waals surface area contributed by atoms with Crippen molar-refractivity contribution in [3.05, 3.63) is 171 Å². The van der Waals surface area contributed by atoms with Gasteiger partial charge in [0.1, 0.15) is 5.75 Å². The van der Waals surface area contributed by atoms with Gasteiger partial charge in [-0.25, -0.2) is 56.5 Å². The van der Waals surface area contributed by atoms with Gasteiger partial charge in [0, 0.05) is 12.0 Å². The first-order valence-electron chi connectivity index (χ1n) is 30.8. The zero-order chi connectivity index (χ0) is 75.9. The van der Waals surface area contributed by atoms with Crippen molar-refractivity contribution in [2.75, 3.05) is 33.8 Å². The fourth-order valence-electron chi connectivity index (χ4n) is 10.6. The van der Waals surface area contributed by atoms with Gasteiger partial charge in [-0.1, -0.05) is 112 Å². The first kappa shape index (κ1) is 79.1. The summed E-state index contributed by atoms with van der Waals surface area (Å²) in [6, 6.07) is 21.1. The Hall–Kier alpha value is -8.02. The molecule has 0 aliphatic rings. The highest BCUT2D eigenvalue weighted by atomic mass is 35.5. The summed E-state index contributed by atoms with van der Waals surface area (Å²) < 4.78 is 109. The van der Waals surface area contributed by atoms with Crippen LogP contribution >= 0.6 is 81.2 Å². The van der Waals surface area contributed by atoms with Gasteiger partial charge in [-0.15, -0.1) is 34.3 Å². The number of ether oxygens (including phenoxy) is 1. The number of aromatic carboxylic acids is 1. The molecule has 12 rings (SSSR count). The number of carboxylic acid groups (broad SMARTS) is 1. The van der Waals surface area contributed by atoms with Crippen LogP contribution in [0.15, 0.2) is 72.8 Å². The average Bonchev–Trinajstić information content (AvgIpc) is 1.70. The van der Waals surface area contributed by atoms with Gasteiger partial charge < -0.3 is 9.84 Å². The number of rotatable bonds is 17.